The zero-order chi connectivity index (χ0) is 16.3. The van der Waals surface area contributed by atoms with E-state index in [0.29, 0.717) is 11.1 Å². The van der Waals surface area contributed by atoms with E-state index in [-0.39, 0.29) is 11.7 Å². The van der Waals surface area contributed by atoms with Gasteiger partial charge in [-0.3, -0.25) is 9.48 Å². The number of nitrogens with one attached hydrogen (secondary N) is 1. The number of anilines is 1. The molecule has 0 aromatic carbocycles. The lowest BCUT2D eigenvalue weighted by Crippen LogP contribution is -2.16. The summed E-state index contributed by atoms with van der Waals surface area (Å²) in [7, 11) is 1.85. The maximum Gasteiger partial charge on any atom is 0.234 e. The molecule has 22 heavy (non-hydrogen) atoms. The number of carbonyl (C=O) groups is 1. The Morgan fingerprint density at radius 2 is 2.09 bits per heavy atom. The van der Waals surface area contributed by atoms with Gasteiger partial charge in [-0.1, -0.05) is 25.6 Å². The van der Waals surface area contributed by atoms with E-state index in [2.05, 4.69) is 39.8 Å². The summed E-state index contributed by atoms with van der Waals surface area (Å²) >= 11 is 1.33. The Bertz CT molecular complexity index is 661. The number of tetrazole rings is 1. The van der Waals surface area contributed by atoms with Gasteiger partial charge < -0.3 is 5.32 Å². The minimum Gasteiger partial charge on any atom is -0.322 e. The van der Waals surface area contributed by atoms with Crippen LogP contribution in [0.2, 0.25) is 0 Å². The normalized spacial score (nSPS) is 11.2. The largest absolute Gasteiger partial charge is 0.322 e. The fraction of sp³-hybridized carbons (Fsp3) is 0.615. The van der Waals surface area contributed by atoms with Crippen LogP contribution in [0.15, 0.2) is 5.16 Å². The molecule has 0 saturated carbocycles. The van der Waals surface area contributed by atoms with Crippen LogP contribution in [0, 0.1) is 19.8 Å². The van der Waals surface area contributed by atoms with Crippen LogP contribution in [0.1, 0.15) is 25.2 Å². The average Bonchev–Trinajstić information content (AvgIpc) is 2.96. The van der Waals surface area contributed by atoms with Gasteiger partial charge in [-0.15, -0.1) is 5.10 Å². The van der Waals surface area contributed by atoms with Gasteiger partial charge in [0.1, 0.15) is 0 Å². The van der Waals surface area contributed by atoms with E-state index in [1.165, 1.54) is 11.8 Å². The molecule has 2 heterocycles. The maximum absolute atomic E-state index is 12.1. The first-order valence-electron chi connectivity index (χ1n) is 7.07. The molecule has 0 atom stereocenters. The van der Waals surface area contributed by atoms with E-state index in [9.17, 15) is 4.79 Å². The molecule has 2 aromatic rings. The van der Waals surface area contributed by atoms with Gasteiger partial charge in [0.05, 0.1) is 22.8 Å². The number of aromatic nitrogens is 6. The number of amides is 1. The first kappa shape index (κ1) is 16.5. The molecule has 0 unspecified atom stereocenters. The number of hydrogen-bond acceptors (Lipinski definition) is 6. The third kappa shape index (κ3) is 3.85. The minimum atomic E-state index is -0.0942. The van der Waals surface area contributed by atoms with Gasteiger partial charge in [0.25, 0.3) is 0 Å². The number of rotatable bonds is 6. The van der Waals surface area contributed by atoms with Crippen LogP contribution in [0.3, 0.4) is 0 Å². The standard InChI is InChI=1S/C13H21N7OS/c1-8(2)6-20-13(15-17-18-20)22-7-11(21)14-12-9(3)16-19(5)10(12)4/h8H,6-7H2,1-5H3,(H,14,21). The summed E-state index contributed by atoms with van der Waals surface area (Å²) in [6, 6.07) is 0. The van der Waals surface area contributed by atoms with Crippen LogP contribution in [-0.2, 0) is 18.4 Å². The molecule has 0 radical (unpaired) electrons. The molecule has 2 rings (SSSR count). The second-order valence-corrected chi connectivity index (χ2v) is 6.49. The number of hydrogen-bond donors (Lipinski definition) is 1. The first-order valence-corrected chi connectivity index (χ1v) is 8.06. The van der Waals surface area contributed by atoms with Crippen LogP contribution in [0.25, 0.3) is 0 Å². The highest BCUT2D eigenvalue weighted by molar-refractivity contribution is 7.99. The predicted molar refractivity (Wildman–Crippen MR) is 84.7 cm³/mol. The Hall–Kier alpha value is -1.90. The summed E-state index contributed by atoms with van der Waals surface area (Å²) in [5.41, 5.74) is 2.51. The van der Waals surface area contributed by atoms with Crippen molar-refractivity contribution < 1.29 is 4.79 Å². The molecule has 0 aliphatic rings. The van der Waals surface area contributed by atoms with Crippen LogP contribution in [-0.4, -0.2) is 41.6 Å². The Morgan fingerprint density at radius 3 is 2.68 bits per heavy atom. The molecule has 120 valence electrons. The third-order valence-corrected chi connectivity index (χ3v) is 4.10. The summed E-state index contributed by atoms with van der Waals surface area (Å²) in [5, 5.41) is 19.4. The Morgan fingerprint density at radius 1 is 1.36 bits per heavy atom. The monoisotopic (exact) mass is 323 g/mol. The Balaban J connectivity index is 1.95. The topological polar surface area (TPSA) is 90.5 Å². The van der Waals surface area contributed by atoms with E-state index in [1.807, 2.05) is 20.9 Å². The summed E-state index contributed by atoms with van der Waals surface area (Å²) in [6.45, 7) is 8.72. The summed E-state index contributed by atoms with van der Waals surface area (Å²) < 4.78 is 3.48. The Labute approximate surface area is 133 Å². The minimum absolute atomic E-state index is 0.0942. The van der Waals surface area contributed by atoms with Gasteiger partial charge >= 0.3 is 0 Å². The molecule has 0 spiro atoms. The smallest absolute Gasteiger partial charge is 0.234 e. The number of thioether (sulfide) groups is 1. The molecular formula is C13H21N7OS. The van der Waals surface area contributed by atoms with Gasteiger partial charge in [-0.2, -0.15) is 5.10 Å². The molecule has 9 heteroatoms. The van der Waals surface area contributed by atoms with Crippen molar-refractivity contribution in [2.45, 2.75) is 39.4 Å². The van der Waals surface area contributed by atoms with Gasteiger partial charge in [0.15, 0.2) is 0 Å². The second-order valence-electron chi connectivity index (χ2n) is 5.54. The van der Waals surface area contributed by atoms with Crippen molar-refractivity contribution in [1.82, 2.24) is 30.0 Å². The SMILES string of the molecule is Cc1nn(C)c(C)c1NC(=O)CSc1nnnn1CC(C)C. The van der Waals surface area contributed by atoms with Crippen molar-refractivity contribution >= 4 is 23.4 Å². The predicted octanol–water partition coefficient (Wildman–Crippen LogP) is 1.41. The lowest BCUT2D eigenvalue weighted by molar-refractivity contribution is -0.113. The van der Waals surface area contributed by atoms with Crippen LogP contribution in [0.5, 0.6) is 0 Å². The second kappa shape index (κ2) is 6.91. The van der Waals surface area contributed by atoms with Gasteiger partial charge in [0, 0.05) is 13.6 Å². The summed E-state index contributed by atoms with van der Waals surface area (Å²) in [6.07, 6.45) is 0. The molecule has 8 nitrogen and oxygen atoms in total. The van der Waals surface area contributed by atoms with Crippen molar-refractivity contribution in [1.29, 1.82) is 0 Å². The molecule has 0 aliphatic carbocycles. The van der Waals surface area contributed by atoms with Crippen LogP contribution >= 0.6 is 11.8 Å². The molecule has 0 bridgehead atoms. The van der Waals surface area contributed by atoms with Crippen molar-refractivity contribution in [3.05, 3.63) is 11.4 Å². The lowest BCUT2D eigenvalue weighted by atomic mass is 10.2. The Kier molecular flexibility index (Phi) is 5.17. The van der Waals surface area contributed by atoms with E-state index in [0.717, 1.165) is 23.6 Å². The maximum atomic E-state index is 12.1. The molecule has 0 aliphatic heterocycles. The van der Waals surface area contributed by atoms with E-state index < -0.39 is 0 Å². The summed E-state index contributed by atoms with van der Waals surface area (Å²) in [4.78, 5) is 12.1. The van der Waals surface area contributed by atoms with E-state index in [4.69, 9.17) is 0 Å². The van der Waals surface area contributed by atoms with Gasteiger partial charge in [-0.05, 0) is 30.2 Å². The van der Waals surface area contributed by atoms with Crippen molar-refractivity contribution in [2.75, 3.05) is 11.1 Å². The molecular weight excluding hydrogens is 302 g/mol. The number of aryl methyl sites for hydroxylation is 2. The number of carbonyl (C=O) groups excluding carboxylic acids is 1. The number of nitrogens with zero attached hydrogens (tertiary/aromatic N) is 6. The highest BCUT2D eigenvalue weighted by Gasteiger charge is 2.14. The fourth-order valence-electron chi connectivity index (χ4n) is 2.02. The van der Waals surface area contributed by atoms with Gasteiger partial charge in [0.2, 0.25) is 11.1 Å². The molecule has 0 fully saturated rings. The lowest BCUT2D eigenvalue weighted by Gasteiger charge is -2.07. The highest BCUT2D eigenvalue weighted by atomic mass is 32.2. The molecule has 2 aromatic heterocycles. The van der Waals surface area contributed by atoms with Crippen molar-refractivity contribution in [3.8, 4) is 0 Å². The van der Waals surface area contributed by atoms with E-state index >= 15 is 0 Å². The van der Waals surface area contributed by atoms with Crippen molar-refractivity contribution in [3.63, 3.8) is 0 Å². The summed E-state index contributed by atoms with van der Waals surface area (Å²) in [5.74, 6) is 0.604. The third-order valence-electron chi connectivity index (χ3n) is 3.14. The van der Waals surface area contributed by atoms with Crippen molar-refractivity contribution in [2.24, 2.45) is 13.0 Å². The highest BCUT2D eigenvalue weighted by Crippen LogP contribution is 2.20. The van der Waals surface area contributed by atoms with Crippen LogP contribution in [0.4, 0.5) is 5.69 Å². The quantitative estimate of drug-likeness (QED) is 0.808. The first-order chi connectivity index (χ1) is 10.4. The zero-order valence-corrected chi connectivity index (χ0v) is 14.3. The molecule has 0 saturated heterocycles. The molecule has 1 N–H and O–H groups in total. The van der Waals surface area contributed by atoms with Crippen LogP contribution < -0.4 is 5.32 Å². The fourth-order valence-corrected chi connectivity index (χ4v) is 2.71. The molecule has 1 amide bonds. The van der Waals surface area contributed by atoms with E-state index in [1.54, 1.807) is 9.36 Å². The zero-order valence-electron chi connectivity index (χ0n) is 13.5. The average molecular weight is 323 g/mol. The van der Waals surface area contributed by atoms with Gasteiger partial charge in [-0.25, -0.2) is 4.68 Å².